The quantitative estimate of drug-likeness (QED) is 0.178. The van der Waals surface area contributed by atoms with E-state index in [-0.39, 0.29) is 17.9 Å². The molecule has 0 saturated heterocycles. The highest BCUT2D eigenvalue weighted by molar-refractivity contribution is 5.97. The van der Waals surface area contributed by atoms with Crippen molar-refractivity contribution in [3.63, 3.8) is 0 Å². The Bertz CT molecular complexity index is 1940. The van der Waals surface area contributed by atoms with Gasteiger partial charge in [0.1, 0.15) is 11.5 Å². The van der Waals surface area contributed by atoms with Crippen LogP contribution >= 0.6 is 0 Å². The molecule has 0 saturated carbocycles. The minimum Gasteiger partial charge on any atom is -0.337 e. The number of aromatic amines is 2. The van der Waals surface area contributed by atoms with Crippen LogP contribution in [0.1, 0.15) is 32.8 Å². The van der Waals surface area contributed by atoms with Crippen molar-refractivity contribution < 1.29 is 18.8 Å². The number of carbonyl (C=O) groups excluding carboxylic acids is 3. The number of hydrogen-bond acceptors (Lipinski definition) is 8. The highest BCUT2D eigenvalue weighted by Crippen LogP contribution is 2.33. The number of rotatable bonds is 7. The molecule has 6 aromatic rings. The molecule has 12 heteroatoms. The largest absolute Gasteiger partial charge is 0.373 e. The Morgan fingerprint density at radius 2 is 1.77 bits per heavy atom. The maximum absolute atomic E-state index is 14.4. The van der Waals surface area contributed by atoms with Crippen LogP contribution in [0.3, 0.4) is 0 Å². The fourth-order valence-corrected chi connectivity index (χ4v) is 4.65. The van der Waals surface area contributed by atoms with Crippen molar-refractivity contribution in [2.45, 2.75) is 33.7 Å². The lowest BCUT2D eigenvalue weighted by molar-refractivity contribution is -0.191. The molecule has 2 aromatic carbocycles. The van der Waals surface area contributed by atoms with Crippen LogP contribution in [0.15, 0.2) is 67.1 Å². The highest BCUT2D eigenvalue weighted by Gasteiger charge is 2.17. The molecular weight excluding hydrogens is 563 g/mol. The third kappa shape index (κ3) is 6.89. The molecule has 0 aliphatic carbocycles. The van der Waals surface area contributed by atoms with E-state index in [0.29, 0.717) is 35.8 Å². The number of nitrogens with zero attached hydrogens (tertiary/aromatic N) is 4. The van der Waals surface area contributed by atoms with E-state index >= 15 is 0 Å². The van der Waals surface area contributed by atoms with Gasteiger partial charge in [-0.2, -0.15) is 14.7 Å². The summed E-state index contributed by atoms with van der Waals surface area (Å²) in [6, 6.07) is 14.6. The molecule has 6 rings (SSSR count). The van der Waals surface area contributed by atoms with Crippen LogP contribution < -0.4 is 10.6 Å². The first kappa shape index (κ1) is 31.4. The molecule has 0 fully saturated rings. The first-order valence-electron chi connectivity index (χ1n) is 14.0. The van der Waals surface area contributed by atoms with Crippen molar-refractivity contribution >= 4 is 39.8 Å². The van der Waals surface area contributed by atoms with Crippen LogP contribution in [0.4, 0.5) is 10.1 Å². The smallest absolute Gasteiger partial charge is 0.337 e. The number of aromatic nitrogens is 6. The van der Waals surface area contributed by atoms with E-state index in [9.17, 15) is 9.18 Å². The molecule has 0 aliphatic heterocycles. The Balaban J connectivity index is 0.000000834. The number of carbonyl (C=O) groups is 1. The SMILES string of the molecule is CC.CCC(=O)Nc1cncc(-c2cnc3n[nH]c(-c4nc5c(-c6cc(F)cc(CNC)c6)cccc5[nH]4)c3c2)c1.O=C=O. The Kier molecular flexibility index (Phi) is 10.4. The first-order chi connectivity index (χ1) is 21.4. The van der Waals surface area contributed by atoms with Crippen LogP contribution in [0.2, 0.25) is 0 Å². The fraction of sp³-hybridized carbons (Fsp3) is 0.188. The summed E-state index contributed by atoms with van der Waals surface area (Å²) in [6.45, 7) is 6.36. The van der Waals surface area contributed by atoms with Crippen LogP contribution in [-0.4, -0.2) is 49.2 Å². The maximum Gasteiger partial charge on any atom is 0.373 e. The number of halogens is 1. The zero-order valence-corrected chi connectivity index (χ0v) is 24.7. The number of anilines is 1. The molecule has 11 nitrogen and oxygen atoms in total. The summed E-state index contributed by atoms with van der Waals surface area (Å²) in [5.74, 6) is 0.213. The average Bonchev–Trinajstić information content (AvgIpc) is 3.66. The molecule has 4 heterocycles. The van der Waals surface area contributed by atoms with Crippen LogP contribution in [0.25, 0.3) is 55.8 Å². The second-order valence-electron chi connectivity index (χ2n) is 9.31. The van der Waals surface area contributed by atoms with Gasteiger partial charge in [-0.15, -0.1) is 0 Å². The van der Waals surface area contributed by atoms with E-state index in [1.165, 1.54) is 12.1 Å². The zero-order chi connectivity index (χ0) is 31.6. The summed E-state index contributed by atoms with van der Waals surface area (Å²) in [7, 11) is 1.83. The van der Waals surface area contributed by atoms with Crippen LogP contribution in [-0.2, 0) is 20.9 Å². The number of H-pyrrole nitrogens is 2. The number of para-hydroxylation sites is 1. The van der Waals surface area contributed by atoms with E-state index < -0.39 is 0 Å². The van der Waals surface area contributed by atoms with Crippen LogP contribution in [0.5, 0.6) is 0 Å². The number of amides is 1. The second-order valence-corrected chi connectivity index (χ2v) is 9.31. The minimum absolute atomic E-state index is 0.0830. The van der Waals surface area contributed by atoms with Crippen molar-refractivity contribution in [3.05, 3.63) is 78.5 Å². The second kappa shape index (κ2) is 14.5. The van der Waals surface area contributed by atoms with Crippen molar-refractivity contribution in [2.24, 2.45) is 0 Å². The van der Waals surface area contributed by atoms with Gasteiger partial charge >= 0.3 is 6.15 Å². The normalized spacial score (nSPS) is 10.4. The van der Waals surface area contributed by atoms with E-state index in [2.05, 4.69) is 35.8 Å². The van der Waals surface area contributed by atoms with Gasteiger partial charge in [0.25, 0.3) is 0 Å². The Morgan fingerprint density at radius 1 is 1.00 bits per heavy atom. The van der Waals surface area contributed by atoms with Crippen molar-refractivity contribution in [1.82, 2.24) is 35.5 Å². The number of fused-ring (bicyclic) bond motifs is 2. The molecule has 0 unspecified atom stereocenters. The van der Waals surface area contributed by atoms with Crippen molar-refractivity contribution in [1.29, 1.82) is 0 Å². The van der Waals surface area contributed by atoms with Gasteiger partial charge in [-0.3, -0.25) is 14.9 Å². The molecule has 0 atom stereocenters. The predicted molar refractivity (Wildman–Crippen MR) is 166 cm³/mol. The molecule has 224 valence electrons. The van der Waals surface area contributed by atoms with E-state index in [1.54, 1.807) is 25.5 Å². The van der Waals surface area contributed by atoms with Crippen molar-refractivity contribution in [3.8, 4) is 33.8 Å². The van der Waals surface area contributed by atoms with Gasteiger partial charge in [-0.25, -0.2) is 14.4 Å². The lowest BCUT2D eigenvalue weighted by Crippen LogP contribution is -2.09. The van der Waals surface area contributed by atoms with Gasteiger partial charge in [-0.05, 0) is 54.6 Å². The summed E-state index contributed by atoms with van der Waals surface area (Å²) >= 11 is 0. The summed E-state index contributed by atoms with van der Waals surface area (Å²) in [5.41, 5.74) is 7.44. The molecule has 0 bridgehead atoms. The lowest BCUT2D eigenvalue weighted by Gasteiger charge is -2.07. The molecule has 0 spiro atoms. The summed E-state index contributed by atoms with van der Waals surface area (Å²) in [6.07, 6.45) is 5.68. The third-order valence-corrected chi connectivity index (χ3v) is 6.49. The van der Waals surface area contributed by atoms with Gasteiger partial charge in [-0.1, -0.05) is 32.9 Å². The predicted octanol–water partition coefficient (Wildman–Crippen LogP) is 5.88. The monoisotopic (exact) mass is 594 g/mol. The van der Waals surface area contributed by atoms with Crippen molar-refractivity contribution in [2.75, 3.05) is 12.4 Å². The maximum atomic E-state index is 14.4. The topological polar surface area (TPSA) is 158 Å². The average molecular weight is 595 g/mol. The molecule has 1 amide bonds. The molecule has 4 aromatic heterocycles. The molecule has 4 N–H and O–H groups in total. The summed E-state index contributed by atoms with van der Waals surface area (Å²) in [4.78, 5) is 45.1. The molecule has 44 heavy (non-hydrogen) atoms. The molecule has 0 radical (unpaired) electrons. The van der Waals surface area contributed by atoms with E-state index in [0.717, 1.165) is 44.2 Å². The number of pyridine rings is 2. The minimum atomic E-state index is -0.295. The standard InChI is InChI=1S/C29H25FN8O.C2H6.CO2/c1-3-25(39)34-21-10-18(13-32-15-21)19-11-23-27(37-38-28(23)33-14-19)29-35-24-6-4-5-22(26(24)36-29)17-7-16(12-31-2)8-20(30)9-17;1-2;2-1-3/h4-11,13-15,31H,3,12H2,1-2H3,(H,34,39)(H,35,36)(H,33,37,38);1-2H3;. The van der Waals surface area contributed by atoms with Gasteiger partial charge < -0.3 is 15.6 Å². The number of hydrogen-bond donors (Lipinski definition) is 4. The summed E-state index contributed by atoms with van der Waals surface area (Å²) in [5, 5.41) is 14.1. The Morgan fingerprint density at radius 3 is 2.52 bits per heavy atom. The van der Waals surface area contributed by atoms with Gasteiger partial charge in [0, 0.05) is 42.0 Å². The first-order valence-corrected chi connectivity index (χ1v) is 14.0. The number of benzene rings is 2. The third-order valence-electron chi connectivity index (χ3n) is 6.49. The molecular formula is C32H31FN8O3. The lowest BCUT2D eigenvalue weighted by atomic mass is 10.0. The van der Waals surface area contributed by atoms with Gasteiger partial charge in [0.05, 0.1) is 28.3 Å². The fourth-order valence-electron chi connectivity index (χ4n) is 4.65. The van der Waals surface area contributed by atoms with E-state index in [1.807, 2.05) is 57.3 Å². The Hall–Kier alpha value is -5.58. The van der Waals surface area contributed by atoms with E-state index in [4.69, 9.17) is 14.6 Å². The van der Waals surface area contributed by atoms with Gasteiger partial charge in [0.2, 0.25) is 5.91 Å². The Labute approximate surface area is 252 Å². The summed E-state index contributed by atoms with van der Waals surface area (Å²) < 4.78 is 14.4. The highest BCUT2D eigenvalue weighted by atomic mass is 19.1. The zero-order valence-electron chi connectivity index (χ0n) is 24.7. The number of imidazole rings is 1. The van der Waals surface area contributed by atoms with Crippen LogP contribution in [0, 0.1) is 5.82 Å². The number of nitrogens with one attached hydrogen (secondary N) is 4. The van der Waals surface area contributed by atoms with Gasteiger partial charge in [0.15, 0.2) is 11.5 Å². The molecule has 0 aliphatic rings.